The molecule has 1 aromatic rings. The van der Waals surface area contributed by atoms with Gasteiger partial charge in [0.2, 0.25) is 0 Å². The van der Waals surface area contributed by atoms with Crippen molar-refractivity contribution in [3.05, 3.63) is 16.6 Å². The number of piperidine rings is 1. The summed E-state index contributed by atoms with van der Waals surface area (Å²) in [6.45, 7) is 4.97. The Morgan fingerprint density at radius 2 is 2.35 bits per heavy atom. The Labute approximate surface area is 105 Å². The van der Waals surface area contributed by atoms with Gasteiger partial charge in [-0.15, -0.1) is 11.3 Å². The van der Waals surface area contributed by atoms with Crippen LogP contribution in [-0.4, -0.2) is 34.0 Å². The Morgan fingerprint density at radius 3 is 2.88 bits per heavy atom. The van der Waals surface area contributed by atoms with Gasteiger partial charge in [-0.25, -0.2) is 0 Å². The number of hydrogen-bond acceptors (Lipinski definition) is 5. The molecule has 0 saturated carbocycles. The van der Waals surface area contributed by atoms with Crippen molar-refractivity contribution in [3.63, 3.8) is 0 Å². The van der Waals surface area contributed by atoms with Gasteiger partial charge in [-0.3, -0.25) is 9.88 Å². The first-order chi connectivity index (χ1) is 8.14. The van der Waals surface area contributed by atoms with Crippen LogP contribution in [0.3, 0.4) is 0 Å². The lowest BCUT2D eigenvalue weighted by molar-refractivity contribution is 0.154. The fourth-order valence-corrected chi connectivity index (χ4v) is 2.76. The van der Waals surface area contributed by atoms with E-state index in [9.17, 15) is 0 Å². The maximum atomic E-state index is 8.77. The maximum Gasteiger partial charge on any atom is 0.145 e. The van der Waals surface area contributed by atoms with E-state index in [1.165, 1.54) is 4.88 Å². The van der Waals surface area contributed by atoms with Crippen molar-refractivity contribution in [1.29, 1.82) is 0 Å². The second kappa shape index (κ2) is 5.01. The van der Waals surface area contributed by atoms with Gasteiger partial charge in [0.25, 0.3) is 0 Å². The van der Waals surface area contributed by atoms with Gasteiger partial charge in [0, 0.05) is 23.0 Å². The van der Waals surface area contributed by atoms with E-state index in [-0.39, 0.29) is 5.41 Å². The largest absolute Gasteiger partial charge is 0.409 e. The molecule has 3 N–H and O–H groups in total. The van der Waals surface area contributed by atoms with Gasteiger partial charge >= 0.3 is 0 Å². The molecule has 2 heterocycles. The van der Waals surface area contributed by atoms with Gasteiger partial charge in [-0.2, -0.15) is 0 Å². The van der Waals surface area contributed by atoms with Gasteiger partial charge in [-0.05, 0) is 25.9 Å². The van der Waals surface area contributed by atoms with E-state index >= 15 is 0 Å². The summed E-state index contributed by atoms with van der Waals surface area (Å²) in [6, 6.07) is 0. The highest BCUT2D eigenvalue weighted by molar-refractivity contribution is 7.09. The Morgan fingerprint density at radius 1 is 1.65 bits per heavy atom. The molecule has 17 heavy (non-hydrogen) atoms. The molecule has 6 heteroatoms. The lowest BCUT2D eigenvalue weighted by Crippen LogP contribution is -2.45. The first-order valence-electron chi connectivity index (χ1n) is 5.72. The molecule has 0 aliphatic carbocycles. The van der Waals surface area contributed by atoms with E-state index in [0.717, 1.165) is 32.5 Å². The average molecular weight is 254 g/mol. The first-order valence-corrected chi connectivity index (χ1v) is 6.60. The summed E-state index contributed by atoms with van der Waals surface area (Å²) in [5.41, 5.74) is 7.44. The van der Waals surface area contributed by atoms with E-state index in [1.807, 2.05) is 11.7 Å². The molecular weight excluding hydrogens is 236 g/mol. The third-order valence-corrected chi connectivity index (χ3v) is 4.31. The molecule has 1 aromatic heterocycles. The summed E-state index contributed by atoms with van der Waals surface area (Å²) in [5, 5.41) is 11.9. The van der Waals surface area contributed by atoms with E-state index in [1.54, 1.807) is 11.3 Å². The molecule has 1 saturated heterocycles. The minimum absolute atomic E-state index is 0.154. The van der Waals surface area contributed by atoms with Gasteiger partial charge in [0.05, 0.1) is 5.51 Å². The lowest BCUT2D eigenvalue weighted by Gasteiger charge is -2.38. The average Bonchev–Trinajstić information content (AvgIpc) is 2.84. The lowest BCUT2D eigenvalue weighted by atomic mass is 9.79. The highest BCUT2D eigenvalue weighted by Gasteiger charge is 2.34. The summed E-state index contributed by atoms with van der Waals surface area (Å²) >= 11 is 1.69. The van der Waals surface area contributed by atoms with Crippen molar-refractivity contribution in [2.24, 2.45) is 16.3 Å². The molecule has 0 atom stereocenters. The van der Waals surface area contributed by atoms with E-state index in [2.05, 4.69) is 22.0 Å². The topological polar surface area (TPSA) is 74.7 Å². The summed E-state index contributed by atoms with van der Waals surface area (Å²) in [4.78, 5) is 7.76. The normalized spacial score (nSPS) is 21.6. The highest BCUT2D eigenvalue weighted by atomic mass is 32.1. The van der Waals surface area contributed by atoms with E-state index < -0.39 is 0 Å². The number of thiazole rings is 1. The molecule has 0 unspecified atom stereocenters. The molecule has 0 bridgehead atoms. The van der Waals surface area contributed by atoms with E-state index in [4.69, 9.17) is 10.9 Å². The van der Waals surface area contributed by atoms with Crippen molar-refractivity contribution in [2.75, 3.05) is 13.1 Å². The monoisotopic (exact) mass is 254 g/mol. The van der Waals surface area contributed by atoms with Crippen LogP contribution < -0.4 is 5.73 Å². The molecular formula is C11H18N4OS. The van der Waals surface area contributed by atoms with Crippen LogP contribution in [0.5, 0.6) is 0 Å². The fourth-order valence-electron chi connectivity index (χ4n) is 2.12. The van der Waals surface area contributed by atoms with Gasteiger partial charge in [0.15, 0.2) is 0 Å². The Hall–Kier alpha value is -1.14. The number of aromatic nitrogens is 1. The smallest absolute Gasteiger partial charge is 0.145 e. The van der Waals surface area contributed by atoms with Crippen LogP contribution in [0.4, 0.5) is 0 Å². The van der Waals surface area contributed by atoms with Crippen molar-refractivity contribution < 1.29 is 5.21 Å². The molecule has 0 radical (unpaired) electrons. The predicted molar refractivity (Wildman–Crippen MR) is 68.1 cm³/mol. The minimum Gasteiger partial charge on any atom is -0.409 e. The van der Waals surface area contributed by atoms with Crippen molar-refractivity contribution in [2.45, 2.75) is 26.3 Å². The Bertz CT molecular complexity index is 382. The molecule has 0 spiro atoms. The number of likely N-dealkylation sites (tertiary alicyclic amines) is 1. The third kappa shape index (κ3) is 2.76. The molecule has 0 aromatic carbocycles. The molecule has 1 aliphatic heterocycles. The van der Waals surface area contributed by atoms with Crippen LogP contribution in [0.15, 0.2) is 16.9 Å². The minimum atomic E-state index is -0.154. The number of nitrogens with two attached hydrogens (primary N) is 1. The van der Waals surface area contributed by atoms with Gasteiger partial charge in [-0.1, -0.05) is 12.1 Å². The van der Waals surface area contributed by atoms with Crippen LogP contribution in [0.1, 0.15) is 24.6 Å². The van der Waals surface area contributed by atoms with Crippen molar-refractivity contribution in [3.8, 4) is 0 Å². The summed E-state index contributed by atoms with van der Waals surface area (Å²) in [6.07, 6.45) is 3.78. The third-order valence-electron chi connectivity index (χ3n) is 3.55. The highest BCUT2D eigenvalue weighted by Crippen LogP contribution is 2.31. The van der Waals surface area contributed by atoms with E-state index in [0.29, 0.717) is 5.84 Å². The zero-order valence-electron chi connectivity index (χ0n) is 9.96. The van der Waals surface area contributed by atoms with Gasteiger partial charge in [0.1, 0.15) is 5.84 Å². The number of oxime groups is 1. The van der Waals surface area contributed by atoms with Crippen molar-refractivity contribution >= 4 is 17.2 Å². The molecule has 1 aliphatic rings. The molecule has 94 valence electrons. The maximum absolute atomic E-state index is 8.77. The standard InChI is InChI=1S/C11H18N4OS/c1-11(10(12)14-16)2-4-15(5-3-11)7-9-6-13-8-17-9/h6,8,16H,2-5,7H2,1H3,(H2,12,14). The fraction of sp³-hybridized carbons (Fsp3) is 0.636. The first kappa shape index (κ1) is 12.3. The molecule has 2 rings (SSSR count). The quantitative estimate of drug-likeness (QED) is 0.371. The summed E-state index contributed by atoms with van der Waals surface area (Å²) in [5.74, 6) is 0.356. The second-order valence-corrected chi connectivity index (χ2v) is 5.76. The second-order valence-electron chi connectivity index (χ2n) is 4.79. The molecule has 1 fully saturated rings. The summed E-state index contributed by atoms with van der Waals surface area (Å²) < 4.78 is 0. The Balaban J connectivity index is 1.90. The SMILES string of the molecule is CC1(C(N)=NO)CCN(Cc2cncs2)CC1. The predicted octanol–water partition coefficient (Wildman–Crippen LogP) is 1.49. The number of rotatable bonds is 3. The van der Waals surface area contributed by atoms with Crippen LogP contribution in [0, 0.1) is 5.41 Å². The van der Waals surface area contributed by atoms with Crippen LogP contribution in [-0.2, 0) is 6.54 Å². The molecule has 0 amide bonds. The van der Waals surface area contributed by atoms with Crippen molar-refractivity contribution in [1.82, 2.24) is 9.88 Å². The molecule has 5 nitrogen and oxygen atoms in total. The van der Waals surface area contributed by atoms with Crippen LogP contribution >= 0.6 is 11.3 Å². The van der Waals surface area contributed by atoms with Gasteiger partial charge < -0.3 is 10.9 Å². The number of nitrogens with zero attached hydrogens (tertiary/aromatic N) is 3. The zero-order chi connectivity index (χ0) is 12.3. The number of hydrogen-bond donors (Lipinski definition) is 2. The summed E-state index contributed by atoms with van der Waals surface area (Å²) in [7, 11) is 0. The van der Waals surface area contributed by atoms with Crippen LogP contribution in [0.25, 0.3) is 0 Å². The Kier molecular flexibility index (Phi) is 3.63. The van der Waals surface area contributed by atoms with Crippen LogP contribution in [0.2, 0.25) is 0 Å². The zero-order valence-corrected chi connectivity index (χ0v) is 10.8. The number of amidine groups is 1.